The van der Waals surface area contributed by atoms with E-state index in [9.17, 15) is 4.79 Å². The van der Waals surface area contributed by atoms with Gasteiger partial charge in [-0.05, 0) is 36.5 Å². The Morgan fingerprint density at radius 2 is 1.95 bits per heavy atom. The van der Waals surface area contributed by atoms with E-state index in [1.54, 1.807) is 14.2 Å². The summed E-state index contributed by atoms with van der Waals surface area (Å²) in [5, 5.41) is 9.06. The number of aliphatic carboxylic acids is 1. The molecule has 0 saturated carbocycles. The Bertz CT molecular complexity index is 473. The maximum Gasteiger partial charge on any atom is 0.303 e. The van der Waals surface area contributed by atoms with Gasteiger partial charge in [0.25, 0.3) is 0 Å². The van der Waals surface area contributed by atoms with Crippen molar-refractivity contribution >= 4 is 5.97 Å². The van der Waals surface area contributed by atoms with Crippen LogP contribution in [0.25, 0.3) is 0 Å². The van der Waals surface area contributed by atoms with E-state index >= 15 is 0 Å². The quantitative estimate of drug-likeness (QED) is 0.799. The lowest BCUT2D eigenvalue weighted by Crippen LogP contribution is -2.40. The average molecular weight is 281 g/mol. The summed E-state index contributed by atoms with van der Waals surface area (Å²) in [4.78, 5) is 11.0. The molecule has 0 aromatic heterocycles. The lowest BCUT2D eigenvalue weighted by atomic mass is 9.75. The summed E-state index contributed by atoms with van der Waals surface area (Å²) in [7, 11) is 3.15. The van der Waals surface area contributed by atoms with Crippen molar-refractivity contribution in [1.82, 2.24) is 0 Å². The molecule has 2 atom stereocenters. The van der Waals surface area contributed by atoms with Crippen molar-refractivity contribution in [3.8, 4) is 11.5 Å². The second-order valence-electron chi connectivity index (χ2n) is 5.38. The van der Waals surface area contributed by atoms with Crippen molar-refractivity contribution in [2.75, 3.05) is 14.2 Å². The molecule has 0 spiro atoms. The molecular weight excluding hydrogens is 258 g/mol. The highest BCUT2D eigenvalue weighted by Gasteiger charge is 2.32. The van der Waals surface area contributed by atoms with E-state index in [0.717, 1.165) is 5.56 Å². The minimum Gasteiger partial charge on any atom is -0.493 e. The Labute approximate surface area is 119 Å². The SMILES string of the molecule is COc1ccc(CC(C)(CC(=O)O)C(C)N)cc1OC. The highest BCUT2D eigenvalue weighted by molar-refractivity contribution is 5.68. The molecule has 0 saturated heterocycles. The van der Waals surface area contributed by atoms with Crippen LogP contribution in [0.3, 0.4) is 0 Å². The molecule has 0 aliphatic heterocycles. The summed E-state index contributed by atoms with van der Waals surface area (Å²) in [6.07, 6.45) is 0.594. The maximum absolute atomic E-state index is 11.0. The molecule has 5 nitrogen and oxygen atoms in total. The van der Waals surface area contributed by atoms with Crippen molar-refractivity contribution < 1.29 is 19.4 Å². The monoisotopic (exact) mass is 281 g/mol. The zero-order valence-electron chi connectivity index (χ0n) is 12.5. The van der Waals surface area contributed by atoms with Crippen molar-refractivity contribution in [2.45, 2.75) is 32.7 Å². The van der Waals surface area contributed by atoms with E-state index < -0.39 is 11.4 Å². The third-order valence-corrected chi connectivity index (χ3v) is 3.71. The summed E-state index contributed by atoms with van der Waals surface area (Å²) in [6.45, 7) is 3.73. The van der Waals surface area contributed by atoms with Crippen LogP contribution in [0.4, 0.5) is 0 Å². The number of methoxy groups -OCH3 is 2. The van der Waals surface area contributed by atoms with Gasteiger partial charge in [0.1, 0.15) is 0 Å². The number of hydrogen-bond acceptors (Lipinski definition) is 4. The van der Waals surface area contributed by atoms with E-state index in [4.69, 9.17) is 20.3 Å². The average Bonchev–Trinajstić information content (AvgIpc) is 2.37. The molecule has 0 aliphatic rings. The predicted octanol–water partition coefficient (Wildman–Crippen LogP) is 2.07. The molecule has 5 heteroatoms. The van der Waals surface area contributed by atoms with Gasteiger partial charge in [0, 0.05) is 6.04 Å². The third-order valence-electron chi connectivity index (χ3n) is 3.71. The Morgan fingerprint density at radius 3 is 2.40 bits per heavy atom. The number of ether oxygens (including phenoxy) is 2. The number of benzene rings is 1. The van der Waals surface area contributed by atoms with E-state index in [2.05, 4.69) is 0 Å². The van der Waals surface area contributed by atoms with Gasteiger partial charge in [0.05, 0.1) is 20.6 Å². The van der Waals surface area contributed by atoms with Crippen LogP contribution < -0.4 is 15.2 Å². The van der Waals surface area contributed by atoms with Gasteiger partial charge < -0.3 is 20.3 Å². The number of hydrogen-bond donors (Lipinski definition) is 2. The van der Waals surface area contributed by atoms with Gasteiger partial charge in [-0.1, -0.05) is 13.0 Å². The number of carboxylic acid groups (broad SMARTS) is 1. The minimum atomic E-state index is -0.842. The molecule has 0 aliphatic carbocycles. The molecule has 112 valence electrons. The van der Waals surface area contributed by atoms with Crippen LogP contribution in [0.15, 0.2) is 18.2 Å². The molecule has 0 radical (unpaired) electrons. The first-order valence-electron chi connectivity index (χ1n) is 6.50. The zero-order valence-corrected chi connectivity index (χ0v) is 12.5. The second kappa shape index (κ2) is 6.61. The molecule has 1 aromatic rings. The topological polar surface area (TPSA) is 81.8 Å². The summed E-state index contributed by atoms with van der Waals surface area (Å²) < 4.78 is 10.4. The Morgan fingerprint density at radius 1 is 1.35 bits per heavy atom. The third kappa shape index (κ3) is 3.87. The van der Waals surface area contributed by atoms with Gasteiger partial charge in [-0.2, -0.15) is 0 Å². The van der Waals surface area contributed by atoms with E-state index in [1.807, 2.05) is 32.0 Å². The zero-order chi connectivity index (χ0) is 15.3. The summed E-state index contributed by atoms with van der Waals surface area (Å²) >= 11 is 0. The van der Waals surface area contributed by atoms with Gasteiger partial charge in [0.15, 0.2) is 11.5 Å². The number of nitrogens with two attached hydrogens (primary N) is 1. The fourth-order valence-electron chi connectivity index (χ4n) is 2.19. The highest BCUT2D eigenvalue weighted by Crippen LogP contribution is 2.34. The van der Waals surface area contributed by atoms with Crippen LogP contribution in [-0.4, -0.2) is 31.3 Å². The molecule has 0 amide bonds. The van der Waals surface area contributed by atoms with Crippen LogP contribution in [0.1, 0.15) is 25.8 Å². The van der Waals surface area contributed by atoms with E-state index in [1.165, 1.54) is 0 Å². The molecular formula is C15H23NO4. The molecule has 2 unspecified atom stereocenters. The smallest absolute Gasteiger partial charge is 0.303 e. The van der Waals surface area contributed by atoms with Gasteiger partial charge in [0.2, 0.25) is 0 Å². The summed E-state index contributed by atoms with van der Waals surface area (Å²) in [5.41, 5.74) is 6.44. The normalized spacial score (nSPS) is 15.2. The molecule has 0 fully saturated rings. The first-order chi connectivity index (χ1) is 9.32. The van der Waals surface area contributed by atoms with Crippen molar-refractivity contribution in [1.29, 1.82) is 0 Å². The van der Waals surface area contributed by atoms with Crippen LogP contribution in [0.5, 0.6) is 11.5 Å². The van der Waals surface area contributed by atoms with Gasteiger partial charge in [-0.25, -0.2) is 0 Å². The van der Waals surface area contributed by atoms with Gasteiger partial charge >= 0.3 is 5.97 Å². The van der Waals surface area contributed by atoms with E-state index in [-0.39, 0.29) is 12.5 Å². The molecule has 1 rings (SSSR count). The van der Waals surface area contributed by atoms with Gasteiger partial charge in [-0.15, -0.1) is 0 Å². The lowest BCUT2D eigenvalue weighted by Gasteiger charge is -2.32. The summed E-state index contributed by atoms with van der Waals surface area (Å²) in [5.74, 6) is 0.439. The maximum atomic E-state index is 11.0. The molecule has 0 bridgehead atoms. The van der Waals surface area contributed by atoms with Crippen molar-refractivity contribution in [3.05, 3.63) is 23.8 Å². The van der Waals surface area contributed by atoms with Gasteiger partial charge in [-0.3, -0.25) is 4.79 Å². The molecule has 20 heavy (non-hydrogen) atoms. The second-order valence-corrected chi connectivity index (χ2v) is 5.38. The van der Waals surface area contributed by atoms with E-state index in [0.29, 0.717) is 17.9 Å². The minimum absolute atomic E-state index is 0.0268. The van der Waals surface area contributed by atoms with Crippen molar-refractivity contribution in [2.24, 2.45) is 11.1 Å². The van der Waals surface area contributed by atoms with Crippen molar-refractivity contribution in [3.63, 3.8) is 0 Å². The van der Waals surface area contributed by atoms with Crippen LogP contribution in [-0.2, 0) is 11.2 Å². The summed E-state index contributed by atoms with van der Waals surface area (Å²) in [6, 6.07) is 5.36. The fraction of sp³-hybridized carbons (Fsp3) is 0.533. The molecule has 0 heterocycles. The molecule has 1 aromatic carbocycles. The van der Waals surface area contributed by atoms with Crippen LogP contribution in [0, 0.1) is 5.41 Å². The van der Waals surface area contributed by atoms with Crippen LogP contribution in [0.2, 0.25) is 0 Å². The van der Waals surface area contributed by atoms with Crippen LogP contribution >= 0.6 is 0 Å². The number of rotatable bonds is 7. The lowest BCUT2D eigenvalue weighted by molar-refractivity contribution is -0.139. The number of carbonyl (C=O) groups is 1. The number of carboxylic acids is 1. The predicted molar refractivity (Wildman–Crippen MR) is 77.3 cm³/mol. The first kappa shape index (κ1) is 16.3. The highest BCUT2D eigenvalue weighted by atomic mass is 16.5. The first-order valence-corrected chi connectivity index (χ1v) is 6.50. The Hall–Kier alpha value is -1.75. The molecule has 3 N–H and O–H groups in total. The standard InChI is InChI=1S/C15H23NO4/c1-10(16)15(2,9-14(17)18)8-11-5-6-12(19-3)13(7-11)20-4/h5-7,10H,8-9,16H2,1-4H3,(H,17,18). The Kier molecular flexibility index (Phi) is 5.39. The Balaban J connectivity index is 3.02. The largest absolute Gasteiger partial charge is 0.493 e. The fourth-order valence-corrected chi connectivity index (χ4v) is 2.19.